The molecule has 0 saturated heterocycles. The Morgan fingerprint density at radius 1 is 1.22 bits per heavy atom. The average molecular weight is 329 g/mol. The van der Waals surface area contributed by atoms with E-state index in [1.54, 1.807) is 0 Å². The molecule has 1 aromatic rings. The molecule has 102 valence electrons. The highest BCUT2D eigenvalue weighted by atomic mass is 79.9. The second-order valence-electron chi connectivity index (χ2n) is 3.42. The van der Waals surface area contributed by atoms with Gasteiger partial charge in [-0.1, -0.05) is 0 Å². The molecule has 0 amide bonds. The molecule has 0 heterocycles. The summed E-state index contributed by atoms with van der Waals surface area (Å²) in [6.45, 7) is 0.484. The zero-order valence-electron chi connectivity index (χ0n) is 9.34. The molecule has 1 aromatic carbocycles. The minimum absolute atomic E-state index is 0.0887. The molecule has 1 N–H and O–H groups in total. The Labute approximate surface area is 111 Å². The Kier molecular flexibility index (Phi) is 5.74. The molecule has 0 atom stereocenters. The van der Waals surface area contributed by atoms with Crippen molar-refractivity contribution in [1.82, 2.24) is 0 Å². The first-order valence-corrected chi connectivity index (χ1v) is 6.00. The van der Waals surface area contributed by atoms with Crippen LogP contribution < -0.4 is 9.47 Å². The van der Waals surface area contributed by atoms with Crippen LogP contribution in [0.3, 0.4) is 0 Å². The van der Waals surface area contributed by atoms with Crippen molar-refractivity contribution in [3.8, 4) is 11.5 Å². The monoisotopic (exact) mass is 328 g/mol. The standard InChI is InChI=1S/C11H12BrF3O3/c12-9-7-8(17-6-2-1-5-16)3-4-10(9)18-11(13,14)15/h3-4,7,16H,1-2,5-6H2. The van der Waals surface area contributed by atoms with Crippen molar-refractivity contribution < 1.29 is 27.8 Å². The van der Waals surface area contributed by atoms with Gasteiger partial charge in [0.05, 0.1) is 11.1 Å². The molecule has 0 aliphatic rings. The van der Waals surface area contributed by atoms with Crippen molar-refractivity contribution in [3.63, 3.8) is 0 Å². The highest BCUT2D eigenvalue weighted by molar-refractivity contribution is 9.10. The van der Waals surface area contributed by atoms with Gasteiger partial charge in [-0.2, -0.15) is 0 Å². The van der Waals surface area contributed by atoms with Gasteiger partial charge in [0.25, 0.3) is 0 Å². The first-order chi connectivity index (χ1) is 8.42. The molecule has 0 unspecified atom stereocenters. The lowest BCUT2D eigenvalue weighted by molar-refractivity contribution is -0.274. The van der Waals surface area contributed by atoms with Crippen LogP contribution in [0.5, 0.6) is 11.5 Å². The summed E-state index contributed by atoms with van der Waals surface area (Å²) >= 11 is 2.98. The lowest BCUT2D eigenvalue weighted by Crippen LogP contribution is -2.17. The van der Waals surface area contributed by atoms with Crippen molar-refractivity contribution in [2.24, 2.45) is 0 Å². The van der Waals surface area contributed by atoms with Crippen molar-refractivity contribution in [2.75, 3.05) is 13.2 Å². The first kappa shape index (κ1) is 15.1. The Hall–Kier alpha value is -0.950. The summed E-state index contributed by atoms with van der Waals surface area (Å²) in [7, 11) is 0. The number of aliphatic hydroxyl groups excluding tert-OH is 1. The van der Waals surface area contributed by atoms with Gasteiger partial charge in [0.15, 0.2) is 0 Å². The van der Waals surface area contributed by atoms with E-state index < -0.39 is 6.36 Å². The van der Waals surface area contributed by atoms with Gasteiger partial charge in [-0.3, -0.25) is 0 Å². The molecule has 0 bridgehead atoms. The predicted octanol–water partition coefficient (Wildman–Crippen LogP) is 3.50. The van der Waals surface area contributed by atoms with Gasteiger partial charge in [0, 0.05) is 6.61 Å². The number of aliphatic hydroxyl groups is 1. The summed E-state index contributed by atoms with van der Waals surface area (Å²) in [5.41, 5.74) is 0. The van der Waals surface area contributed by atoms with E-state index in [-0.39, 0.29) is 16.8 Å². The Bertz CT molecular complexity index is 382. The SMILES string of the molecule is OCCCCOc1ccc(OC(F)(F)F)c(Br)c1. The minimum Gasteiger partial charge on any atom is -0.494 e. The molecule has 18 heavy (non-hydrogen) atoms. The highest BCUT2D eigenvalue weighted by Crippen LogP contribution is 2.33. The van der Waals surface area contributed by atoms with Crippen molar-refractivity contribution >= 4 is 15.9 Å². The molecule has 0 spiro atoms. The van der Waals surface area contributed by atoms with Crippen LogP contribution in [0.2, 0.25) is 0 Å². The van der Waals surface area contributed by atoms with Gasteiger partial charge in [0.1, 0.15) is 11.5 Å². The minimum atomic E-state index is -4.72. The van der Waals surface area contributed by atoms with E-state index in [0.717, 1.165) is 0 Å². The summed E-state index contributed by atoms with van der Waals surface area (Å²) in [4.78, 5) is 0. The first-order valence-electron chi connectivity index (χ1n) is 5.21. The van der Waals surface area contributed by atoms with E-state index in [2.05, 4.69) is 20.7 Å². The average Bonchev–Trinajstić information content (AvgIpc) is 2.26. The highest BCUT2D eigenvalue weighted by Gasteiger charge is 2.31. The number of hydrogen-bond acceptors (Lipinski definition) is 3. The fourth-order valence-electron chi connectivity index (χ4n) is 1.18. The maximum atomic E-state index is 12.0. The number of halogens is 4. The van der Waals surface area contributed by atoms with Gasteiger partial charge in [0.2, 0.25) is 0 Å². The maximum Gasteiger partial charge on any atom is 0.573 e. The van der Waals surface area contributed by atoms with E-state index in [4.69, 9.17) is 9.84 Å². The maximum absolute atomic E-state index is 12.0. The molecule has 0 aliphatic heterocycles. The Morgan fingerprint density at radius 3 is 2.50 bits per heavy atom. The molecule has 7 heteroatoms. The summed E-state index contributed by atoms with van der Waals surface area (Å²) in [5.74, 6) is 0.125. The second-order valence-corrected chi connectivity index (χ2v) is 4.27. The molecule has 1 rings (SSSR count). The molecular weight excluding hydrogens is 317 g/mol. The molecule has 0 radical (unpaired) electrons. The van der Waals surface area contributed by atoms with E-state index in [9.17, 15) is 13.2 Å². The van der Waals surface area contributed by atoms with Gasteiger partial charge in [-0.15, -0.1) is 13.2 Å². The zero-order chi connectivity index (χ0) is 13.6. The Morgan fingerprint density at radius 2 is 1.94 bits per heavy atom. The van der Waals surface area contributed by atoms with E-state index in [1.807, 2.05) is 0 Å². The van der Waals surface area contributed by atoms with Gasteiger partial charge >= 0.3 is 6.36 Å². The fraction of sp³-hybridized carbons (Fsp3) is 0.455. The number of hydrogen-bond donors (Lipinski definition) is 1. The molecular formula is C11H12BrF3O3. The number of alkyl halides is 3. The molecule has 3 nitrogen and oxygen atoms in total. The zero-order valence-corrected chi connectivity index (χ0v) is 10.9. The predicted molar refractivity (Wildman–Crippen MR) is 62.6 cm³/mol. The molecule has 0 aromatic heterocycles. The number of ether oxygens (including phenoxy) is 2. The molecule has 0 fully saturated rings. The summed E-state index contributed by atoms with van der Waals surface area (Å²) < 4.78 is 45.3. The normalized spacial score (nSPS) is 11.4. The molecule has 0 saturated carbocycles. The van der Waals surface area contributed by atoms with Crippen LogP contribution in [-0.2, 0) is 0 Å². The topological polar surface area (TPSA) is 38.7 Å². The fourth-order valence-corrected chi connectivity index (χ4v) is 1.62. The third-order valence-corrected chi connectivity index (χ3v) is 2.57. The van der Waals surface area contributed by atoms with Gasteiger partial charge < -0.3 is 14.6 Å². The van der Waals surface area contributed by atoms with Crippen molar-refractivity contribution in [1.29, 1.82) is 0 Å². The smallest absolute Gasteiger partial charge is 0.494 e. The van der Waals surface area contributed by atoms with Crippen LogP contribution in [0, 0.1) is 0 Å². The van der Waals surface area contributed by atoms with Crippen molar-refractivity contribution in [3.05, 3.63) is 22.7 Å². The quantitative estimate of drug-likeness (QED) is 0.812. The molecule has 0 aliphatic carbocycles. The largest absolute Gasteiger partial charge is 0.573 e. The van der Waals surface area contributed by atoms with Crippen molar-refractivity contribution in [2.45, 2.75) is 19.2 Å². The van der Waals surface area contributed by atoms with E-state index in [0.29, 0.717) is 25.2 Å². The van der Waals surface area contributed by atoms with Crippen LogP contribution >= 0.6 is 15.9 Å². The van der Waals surface area contributed by atoms with E-state index >= 15 is 0 Å². The summed E-state index contributed by atoms with van der Waals surface area (Å²) in [6.07, 6.45) is -3.42. The lowest BCUT2D eigenvalue weighted by Gasteiger charge is -2.12. The van der Waals surface area contributed by atoms with Crippen LogP contribution in [0.1, 0.15) is 12.8 Å². The van der Waals surface area contributed by atoms with Crippen LogP contribution in [0.25, 0.3) is 0 Å². The summed E-state index contributed by atoms with van der Waals surface area (Å²) in [5, 5.41) is 8.57. The van der Waals surface area contributed by atoms with Crippen LogP contribution in [-0.4, -0.2) is 24.7 Å². The lowest BCUT2D eigenvalue weighted by atomic mass is 10.3. The second kappa shape index (κ2) is 6.84. The van der Waals surface area contributed by atoms with Crippen LogP contribution in [0.4, 0.5) is 13.2 Å². The third-order valence-electron chi connectivity index (χ3n) is 1.95. The van der Waals surface area contributed by atoms with Gasteiger partial charge in [-0.05, 0) is 47.0 Å². The number of rotatable bonds is 6. The van der Waals surface area contributed by atoms with E-state index in [1.165, 1.54) is 18.2 Å². The Balaban J connectivity index is 2.56. The summed E-state index contributed by atoms with van der Waals surface area (Å²) in [6, 6.07) is 3.98. The number of unbranched alkanes of at least 4 members (excludes halogenated alkanes) is 1. The van der Waals surface area contributed by atoms with Gasteiger partial charge in [-0.25, -0.2) is 0 Å². The third kappa shape index (κ3) is 5.59. The van der Waals surface area contributed by atoms with Crippen LogP contribution in [0.15, 0.2) is 22.7 Å². The number of benzene rings is 1.